The summed E-state index contributed by atoms with van der Waals surface area (Å²) in [6, 6.07) is 55.4. The minimum Gasteiger partial charge on any atom is -0.496 e. The summed E-state index contributed by atoms with van der Waals surface area (Å²) in [5.41, 5.74) is 38.7. The topological polar surface area (TPSA) is 530 Å². The maximum absolute atomic E-state index is 12.4. The van der Waals surface area contributed by atoms with E-state index in [-0.39, 0.29) is 51.4 Å². The number of thiazole rings is 2. The third-order valence-electron chi connectivity index (χ3n) is 15.9. The van der Waals surface area contributed by atoms with E-state index in [4.69, 9.17) is 48.4 Å². The third kappa shape index (κ3) is 17.0. The van der Waals surface area contributed by atoms with Gasteiger partial charge in [-0.15, -0.1) is 20.4 Å². The van der Waals surface area contributed by atoms with Crippen molar-refractivity contribution in [1.82, 2.24) is 93.4 Å². The average Bonchev–Trinajstić information content (AvgIpc) is 1.64. The second-order valence-corrected chi connectivity index (χ2v) is 28.6. The number of ether oxygens (including phenoxy) is 2. The number of primary sulfonamides is 2. The van der Waals surface area contributed by atoms with Crippen LogP contribution in [-0.4, -0.2) is 138 Å². The van der Waals surface area contributed by atoms with E-state index in [1.807, 2.05) is 138 Å². The summed E-state index contributed by atoms with van der Waals surface area (Å²) in [6.07, 6.45) is 0.731. The van der Waals surface area contributed by atoms with Gasteiger partial charge >= 0.3 is 0 Å². The Kier molecular flexibility index (Phi) is 21.3. The van der Waals surface area contributed by atoms with Crippen LogP contribution in [0.25, 0.3) is 64.7 Å². The number of fused-ring (bicyclic) bond motifs is 4. The summed E-state index contributed by atoms with van der Waals surface area (Å²) in [4.78, 5) is 47.4. The highest BCUT2D eigenvalue weighted by Gasteiger charge is 2.22. The monoisotopic (exact) mass is 1540 g/mol. The van der Waals surface area contributed by atoms with Gasteiger partial charge in [0.2, 0.25) is 89.8 Å². The van der Waals surface area contributed by atoms with Crippen molar-refractivity contribution in [3.63, 3.8) is 0 Å². The number of aryl methyl sites for hydroxylation is 2. The Balaban J connectivity index is 0.000000129. The zero-order chi connectivity index (χ0) is 76.7. The Morgan fingerprint density at radius 1 is 0.440 bits per heavy atom. The second-order valence-electron chi connectivity index (χ2n) is 23.5. The van der Waals surface area contributed by atoms with Crippen LogP contribution in [0, 0.1) is 0 Å². The molecule has 0 fully saturated rings. The van der Waals surface area contributed by atoms with E-state index in [2.05, 4.69) is 86.9 Å². The highest BCUT2D eigenvalue weighted by Crippen LogP contribution is 2.32. The number of carbonyl (C=O) groups is 1. The molecule has 19 N–H and O–H groups in total. The smallest absolute Gasteiger partial charge is 0.255 e. The molecule has 41 heteroatoms. The molecule has 16 rings (SSSR count). The summed E-state index contributed by atoms with van der Waals surface area (Å²) in [5, 5.41) is 43.9. The maximum Gasteiger partial charge on any atom is 0.255 e. The molecular weight excluding hydrogens is 1480 g/mol. The Labute approximate surface area is 627 Å². The van der Waals surface area contributed by atoms with Crippen molar-refractivity contribution < 1.29 is 31.1 Å². The molecule has 0 saturated heterocycles. The lowest BCUT2D eigenvalue weighted by Crippen LogP contribution is -2.25. The molecule has 37 nitrogen and oxygen atoms in total. The second kappa shape index (κ2) is 31.5. The number of methoxy groups -OCH3 is 2. The van der Waals surface area contributed by atoms with E-state index in [1.165, 1.54) is 72.8 Å². The van der Waals surface area contributed by atoms with E-state index in [9.17, 15) is 21.6 Å². The van der Waals surface area contributed by atoms with Gasteiger partial charge < -0.3 is 73.9 Å². The van der Waals surface area contributed by atoms with Crippen molar-refractivity contribution >= 4 is 167 Å². The van der Waals surface area contributed by atoms with Gasteiger partial charge in [0.1, 0.15) is 5.75 Å². The van der Waals surface area contributed by atoms with Crippen LogP contribution in [-0.2, 0) is 38.9 Å². The number of anilines is 13. The minimum atomic E-state index is -3.81. The van der Waals surface area contributed by atoms with Gasteiger partial charge in [0.15, 0.2) is 0 Å². The first kappa shape index (κ1) is 73.6. The molecule has 0 spiro atoms. The molecule has 0 aliphatic rings. The zero-order valence-electron chi connectivity index (χ0n) is 58.1. The van der Waals surface area contributed by atoms with E-state index in [0.717, 1.165) is 54.6 Å². The first-order chi connectivity index (χ1) is 52.4. The number of nitrogen functional groups attached to an aromatic ring is 5. The first-order valence-corrected chi connectivity index (χ1v) is 37.3. The Morgan fingerprint density at radius 3 is 1.32 bits per heavy atom. The number of benzene rings is 8. The fourth-order valence-corrected chi connectivity index (χ4v) is 13.6. The van der Waals surface area contributed by atoms with Gasteiger partial charge in [-0.25, -0.2) is 47.0 Å². The normalized spacial score (nSPS) is 11.4. The standard InChI is InChI=1S/C21H23N7O3S.2C16H16N8O2S.C15H13N7S/c1-30-11-5-10-23-18(29)14-9-8-13(12-16(14)31-2)24-20-26-19(22)28(27-20)21-25-15-6-3-4-7-17(15)32-21;1-23-13-8-3-2-7-12(13)20-16(23)24-14(17)21-15(22-24)19-10-5-4-6-11(9-10)27(18,25)26;1-23-13-5-3-2-4-12(13)20-16(23)24-14(17)21-15(22-24)19-10-6-8-11(9-7-10)27(18,25)26;16-9-4-3-5-10(8-9)18-14-20-13(17)22(21-14)15-19-11-6-1-2-7-12(11)23-15/h3-4,6-9,12H,5,10-11H2,1-2H3,(H,23,29)(H3,22,24,26,27);2*2-9H,1H3,(H2,18,25,26)(H3,17,19,21,22);1-8H,16H2,(H3,17,18,20,21). The quantitative estimate of drug-likeness (QED) is 0.0254. The summed E-state index contributed by atoms with van der Waals surface area (Å²) in [7, 11) is -0.690. The van der Waals surface area contributed by atoms with Crippen LogP contribution in [0.4, 0.5) is 76.0 Å². The fraction of sp³-hybridized carbons (Fsp3) is 0.103. The van der Waals surface area contributed by atoms with Gasteiger partial charge in [-0.05, 0) is 128 Å². The van der Waals surface area contributed by atoms with Gasteiger partial charge in [0.05, 0.1) is 65.0 Å². The predicted octanol–water partition coefficient (Wildman–Crippen LogP) is 8.02. The molecule has 0 aliphatic carbocycles. The first-order valence-electron chi connectivity index (χ1n) is 32.5. The summed E-state index contributed by atoms with van der Waals surface area (Å²) in [6.45, 7) is 1.10. The number of amides is 1. The zero-order valence-corrected chi connectivity index (χ0v) is 61.4. The van der Waals surface area contributed by atoms with Gasteiger partial charge in [0.25, 0.3) is 5.91 Å². The number of nitrogens with zero attached hydrogens (tertiary/aromatic N) is 18. The number of sulfonamides is 2. The van der Waals surface area contributed by atoms with Crippen molar-refractivity contribution in [2.75, 3.05) is 77.3 Å². The van der Waals surface area contributed by atoms with Crippen molar-refractivity contribution in [2.24, 2.45) is 24.4 Å². The van der Waals surface area contributed by atoms with Crippen molar-refractivity contribution in [3.8, 4) is 27.9 Å². The van der Waals surface area contributed by atoms with Crippen LogP contribution in [0.15, 0.2) is 198 Å². The summed E-state index contributed by atoms with van der Waals surface area (Å²) in [5.74, 6) is 3.19. The van der Waals surface area contributed by atoms with Crippen LogP contribution >= 0.6 is 22.7 Å². The van der Waals surface area contributed by atoms with Crippen molar-refractivity contribution in [2.45, 2.75) is 16.2 Å². The van der Waals surface area contributed by atoms with E-state index in [0.29, 0.717) is 81.3 Å². The third-order valence-corrected chi connectivity index (χ3v) is 19.7. The van der Waals surface area contributed by atoms with E-state index in [1.54, 1.807) is 55.6 Å². The molecule has 8 aromatic heterocycles. The molecule has 556 valence electrons. The number of carbonyl (C=O) groups excluding carboxylic acids is 1. The summed E-state index contributed by atoms with van der Waals surface area (Å²) < 4.78 is 67.7. The summed E-state index contributed by atoms with van der Waals surface area (Å²) >= 11 is 2.98. The van der Waals surface area contributed by atoms with Crippen LogP contribution in [0.5, 0.6) is 5.75 Å². The van der Waals surface area contributed by atoms with Gasteiger partial charge in [-0.2, -0.15) is 38.7 Å². The molecule has 0 saturated carbocycles. The van der Waals surface area contributed by atoms with Crippen LogP contribution in [0.2, 0.25) is 0 Å². The number of para-hydroxylation sites is 6. The number of aromatic nitrogens is 18. The van der Waals surface area contributed by atoms with Gasteiger partial charge in [0, 0.05) is 68.9 Å². The molecule has 109 heavy (non-hydrogen) atoms. The number of rotatable bonds is 20. The van der Waals surface area contributed by atoms with E-state index < -0.39 is 20.0 Å². The lowest BCUT2D eigenvalue weighted by atomic mass is 10.1. The molecule has 0 radical (unpaired) electrons. The molecule has 8 aromatic carbocycles. The molecule has 16 aromatic rings. The molecule has 0 bridgehead atoms. The predicted molar refractivity (Wildman–Crippen MR) is 419 cm³/mol. The van der Waals surface area contributed by atoms with E-state index >= 15 is 0 Å². The Morgan fingerprint density at radius 2 is 0.862 bits per heavy atom. The number of hydrogen-bond acceptors (Lipinski definition) is 30. The number of hydrogen-bond donors (Lipinski definition) is 12. The number of nitrogens with one attached hydrogen (secondary N) is 5. The molecule has 0 atom stereocenters. The van der Waals surface area contributed by atoms with Gasteiger partial charge in [-0.3, -0.25) is 4.79 Å². The molecule has 8 heterocycles. The average molecular weight is 1550 g/mol. The lowest BCUT2D eigenvalue weighted by Gasteiger charge is -2.11. The van der Waals surface area contributed by atoms with Crippen LogP contribution < -0.4 is 70.3 Å². The van der Waals surface area contributed by atoms with Crippen molar-refractivity contribution in [1.29, 1.82) is 0 Å². The molecule has 0 unspecified atom stereocenters. The number of nitrogens with two attached hydrogens (primary N) is 7. The van der Waals surface area contributed by atoms with Crippen LogP contribution in [0.3, 0.4) is 0 Å². The Hall–Kier alpha value is -13.7. The molecule has 1 amide bonds. The maximum atomic E-state index is 12.4. The lowest BCUT2D eigenvalue weighted by molar-refractivity contribution is 0.0945. The molecule has 0 aliphatic heterocycles. The minimum absolute atomic E-state index is 0.0183. The number of imidazole rings is 2. The van der Waals surface area contributed by atoms with Crippen LogP contribution in [0.1, 0.15) is 16.8 Å². The van der Waals surface area contributed by atoms with Gasteiger partial charge in [-0.1, -0.05) is 83.3 Å². The highest BCUT2D eigenvalue weighted by molar-refractivity contribution is 7.89. The Bertz CT molecular complexity index is 6160. The molecular formula is C68H68N30O7S4. The largest absolute Gasteiger partial charge is 0.496 e. The highest BCUT2D eigenvalue weighted by atomic mass is 32.2. The fourth-order valence-electron chi connectivity index (χ4n) is 10.7. The van der Waals surface area contributed by atoms with Crippen molar-refractivity contribution in [3.05, 3.63) is 194 Å². The SMILES string of the molecule is COCCCNC(=O)c1ccc(Nc2nc(N)n(-c3nc4ccccc4s3)n2)cc1OC.Cn1c(-n2nc(Nc3ccc(S(N)(=O)=O)cc3)nc2N)nc2ccccc21.Cn1c(-n2nc(Nc3cccc(S(N)(=O)=O)c3)nc2N)nc2ccccc21.Nc1cccc(Nc2nc(N)n(-c3nc4ccccc4s3)n2)c1.